The van der Waals surface area contributed by atoms with Crippen molar-refractivity contribution >= 4 is 17.3 Å². The van der Waals surface area contributed by atoms with Crippen LogP contribution in [-0.2, 0) is 4.79 Å². The molecule has 7 heteroatoms. The van der Waals surface area contributed by atoms with Gasteiger partial charge in [0.25, 0.3) is 0 Å². The van der Waals surface area contributed by atoms with Gasteiger partial charge >= 0.3 is 0 Å². The number of piperazine rings is 1. The van der Waals surface area contributed by atoms with Crippen LogP contribution in [0.5, 0.6) is 5.75 Å². The van der Waals surface area contributed by atoms with Gasteiger partial charge in [-0.25, -0.2) is 0 Å². The third-order valence-electron chi connectivity index (χ3n) is 4.82. The molecule has 1 fully saturated rings. The molecule has 2 N–H and O–H groups in total. The van der Waals surface area contributed by atoms with Crippen molar-refractivity contribution in [3.8, 4) is 11.8 Å². The summed E-state index contributed by atoms with van der Waals surface area (Å²) in [6.07, 6.45) is -0.577. The molecule has 1 aliphatic rings. The molecule has 1 saturated heterocycles. The van der Waals surface area contributed by atoms with Gasteiger partial charge in [-0.1, -0.05) is 0 Å². The molecule has 0 spiro atoms. The number of hydrogen-bond acceptors (Lipinski definition) is 6. The summed E-state index contributed by atoms with van der Waals surface area (Å²) in [6, 6.07) is 16.9. The van der Waals surface area contributed by atoms with Gasteiger partial charge in [-0.15, -0.1) is 0 Å². The Morgan fingerprint density at radius 1 is 1.14 bits per heavy atom. The average molecular weight is 394 g/mol. The predicted molar refractivity (Wildman–Crippen MR) is 112 cm³/mol. The van der Waals surface area contributed by atoms with Crippen molar-refractivity contribution < 1.29 is 14.6 Å². The number of nitrogens with zero attached hydrogens (tertiary/aromatic N) is 3. The maximum Gasteiger partial charge on any atom is 0.221 e. The molecule has 2 aromatic rings. The van der Waals surface area contributed by atoms with E-state index in [1.807, 2.05) is 24.3 Å². The maximum atomic E-state index is 11.0. The Kier molecular flexibility index (Phi) is 7.06. The minimum atomic E-state index is -0.577. The lowest BCUT2D eigenvalue weighted by Crippen LogP contribution is -2.49. The zero-order chi connectivity index (χ0) is 20.6. The number of hydrogen-bond donors (Lipinski definition) is 2. The number of aliphatic hydroxyl groups is 1. The number of nitrogens with one attached hydrogen (secondary N) is 1. The molecule has 1 aliphatic heterocycles. The largest absolute Gasteiger partial charge is 0.491 e. The Balaban J connectivity index is 1.39. The molecule has 152 valence electrons. The van der Waals surface area contributed by atoms with Gasteiger partial charge in [0.1, 0.15) is 18.5 Å². The lowest BCUT2D eigenvalue weighted by atomic mass is 10.2. The van der Waals surface area contributed by atoms with E-state index in [-0.39, 0.29) is 12.5 Å². The normalized spacial score (nSPS) is 15.4. The minimum absolute atomic E-state index is 0.117. The van der Waals surface area contributed by atoms with Crippen molar-refractivity contribution in [2.45, 2.75) is 13.0 Å². The molecule has 1 amide bonds. The fourth-order valence-corrected chi connectivity index (χ4v) is 3.32. The van der Waals surface area contributed by atoms with Gasteiger partial charge in [-0.2, -0.15) is 5.26 Å². The zero-order valence-corrected chi connectivity index (χ0v) is 16.5. The van der Waals surface area contributed by atoms with Crippen molar-refractivity contribution in [3.63, 3.8) is 0 Å². The smallest absolute Gasteiger partial charge is 0.221 e. The van der Waals surface area contributed by atoms with Gasteiger partial charge in [0, 0.05) is 51.0 Å². The molecule has 0 aliphatic carbocycles. The molecule has 0 saturated carbocycles. The average Bonchev–Trinajstić information content (AvgIpc) is 2.73. The molecule has 1 atom stereocenters. The number of rotatable bonds is 7. The van der Waals surface area contributed by atoms with E-state index in [9.17, 15) is 9.90 Å². The number of carbonyl (C=O) groups is 1. The first-order valence-corrected chi connectivity index (χ1v) is 9.69. The molecule has 0 aromatic heterocycles. The highest BCUT2D eigenvalue weighted by Gasteiger charge is 2.19. The second-order valence-corrected chi connectivity index (χ2v) is 7.12. The highest BCUT2D eigenvalue weighted by atomic mass is 16.5. The van der Waals surface area contributed by atoms with E-state index in [2.05, 4.69) is 21.2 Å². The molecule has 0 bridgehead atoms. The summed E-state index contributed by atoms with van der Waals surface area (Å²) in [5.74, 6) is 0.539. The topological polar surface area (TPSA) is 88.8 Å². The van der Waals surface area contributed by atoms with E-state index in [1.54, 1.807) is 24.3 Å². The van der Waals surface area contributed by atoms with E-state index in [4.69, 9.17) is 10.00 Å². The number of aliphatic hydroxyl groups excluding tert-OH is 1. The van der Waals surface area contributed by atoms with Crippen LogP contribution >= 0.6 is 0 Å². The van der Waals surface area contributed by atoms with Gasteiger partial charge in [0.15, 0.2) is 0 Å². The fraction of sp³-hybridized carbons (Fsp3) is 0.364. The Bertz CT molecular complexity index is 838. The highest BCUT2D eigenvalue weighted by Crippen LogP contribution is 2.18. The molecule has 0 unspecified atom stereocenters. The summed E-state index contributed by atoms with van der Waals surface area (Å²) in [5.41, 5.74) is 2.50. The molecule has 0 radical (unpaired) electrons. The second kappa shape index (κ2) is 9.92. The SMILES string of the molecule is CC(=O)Nc1ccc(OC[C@@H](O)CN2CCN(c3ccc(C#N)cc3)CC2)cc1. The van der Waals surface area contributed by atoms with Gasteiger partial charge in [-0.05, 0) is 48.5 Å². The van der Waals surface area contributed by atoms with Crippen LogP contribution in [-0.4, -0.2) is 61.3 Å². The molecule has 2 aromatic carbocycles. The molecule has 3 rings (SSSR count). The summed E-state index contributed by atoms with van der Waals surface area (Å²) in [6.45, 7) is 5.73. The number of β-amino-alcohol motifs (C(OH)–C–C–N with tert-alkyl or cyclic N) is 1. The van der Waals surface area contributed by atoms with Crippen molar-refractivity contribution in [3.05, 3.63) is 54.1 Å². The standard InChI is InChI=1S/C22H26N4O3/c1-17(27)24-19-4-8-22(9-5-19)29-16-21(28)15-25-10-12-26(13-11-25)20-6-2-18(14-23)3-7-20/h2-9,21,28H,10-13,15-16H2,1H3,(H,24,27)/t21-/m0/s1. The molecule has 29 heavy (non-hydrogen) atoms. The van der Waals surface area contributed by atoms with Crippen molar-refractivity contribution in [1.29, 1.82) is 5.26 Å². The summed E-state index contributed by atoms with van der Waals surface area (Å²) in [7, 11) is 0. The highest BCUT2D eigenvalue weighted by molar-refractivity contribution is 5.88. The van der Waals surface area contributed by atoms with Gasteiger partial charge in [0.2, 0.25) is 5.91 Å². The summed E-state index contributed by atoms with van der Waals surface area (Å²) >= 11 is 0. The Morgan fingerprint density at radius 2 is 1.79 bits per heavy atom. The van der Waals surface area contributed by atoms with Crippen molar-refractivity contribution in [2.24, 2.45) is 0 Å². The first-order chi connectivity index (χ1) is 14.0. The minimum Gasteiger partial charge on any atom is -0.491 e. The van der Waals surface area contributed by atoms with E-state index in [0.29, 0.717) is 23.5 Å². The molecule has 1 heterocycles. The Morgan fingerprint density at radius 3 is 2.38 bits per heavy atom. The fourth-order valence-electron chi connectivity index (χ4n) is 3.32. The molecular weight excluding hydrogens is 368 g/mol. The number of benzene rings is 2. The molecular formula is C22H26N4O3. The predicted octanol–water partition coefficient (Wildman–Crippen LogP) is 2.08. The van der Waals surface area contributed by atoms with Crippen LogP contribution in [0.2, 0.25) is 0 Å². The van der Waals surface area contributed by atoms with Crippen LogP contribution in [0, 0.1) is 11.3 Å². The summed E-state index contributed by atoms with van der Waals surface area (Å²) in [4.78, 5) is 15.6. The van der Waals surface area contributed by atoms with Crippen LogP contribution in [0.15, 0.2) is 48.5 Å². The number of amides is 1. The van der Waals surface area contributed by atoms with Gasteiger partial charge < -0.3 is 20.1 Å². The van der Waals surface area contributed by atoms with E-state index in [1.165, 1.54) is 6.92 Å². The van der Waals surface area contributed by atoms with E-state index in [0.717, 1.165) is 31.9 Å². The third-order valence-corrected chi connectivity index (χ3v) is 4.82. The van der Waals surface area contributed by atoms with Crippen LogP contribution in [0.4, 0.5) is 11.4 Å². The Labute approximate surface area is 171 Å². The van der Waals surface area contributed by atoms with Crippen LogP contribution in [0.1, 0.15) is 12.5 Å². The monoisotopic (exact) mass is 394 g/mol. The second-order valence-electron chi connectivity index (χ2n) is 7.12. The van der Waals surface area contributed by atoms with Crippen LogP contribution < -0.4 is 15.0 Å². The quantitative estimate of drug-likeness (QED) is 0.748. The van der Waals surface area contributed by atoms with Gasteiger partial charge in [0.05, 0.1) is 11.6 Å². The number of nitriles is 1. The lowest BCUT2D eigenvalue weighted by molar-refractivity contribution is -0.114. The first kappa shape index (κ1) is 20.6. The summed E-state index contributed by atoms with van der Waals surface area (Å²) < 4.78 is 5.66. The zero-order valence-electron chi connectivity index (χ0n) is 16.5. The number of carbonyl (C=O) groups excluding carboxylic acids is 1. The first-order valence-electron chi connectivity index (χ1n) is 9.69. The lowest BCUT2D eigenvalue weighted by Gasteiger charge is -2.36. The van der Waals surface area contributed by atoms with E-state index >= 15 is 0 Å². The van der Waals surface area contributed by atoms with Crippen LogP contribution in [0.3, 0.4) is 0 Å². The third kappa shape index (κ3) is 6.21. The van der Waals surface area contributed by atoms with Crippen molar-refractivity contribution in [2.75, 3.05) is 49.5 Å². The summed E-state index contributed by atoms with van der Waals surface area (Å²) in [5, 5.41) is 21.9. The van der Waals surface area contributed by atoms with Gasteiger partial charge in [-0.3, -0.25) is 9.69 Å². The maximum absolute atomic E-state index is 11.0. The number of ether oxygens (including phenoxy) is 1. The Hall–Kier alpha value is -3.08. The number of anilines is 2. The van der Waals surface area contributed by atoms with Crippen LogP contribution in [0.25, 0.3) is 0 Å². The van der Waals surface area contributed by atoms with Crippen molar-refractivity contribution in [1.82, 2.24) is 4.90 Å². The molecule has 7 nitrogen and oxygen atoms in total. The van der Waals surface area contributed by atoms with E-state index < -0.39 is 6.10 Å².